The summed E-state index contributed by atoms with van der Waals surface area (Å²) in [5.74, 6) is 6.78. The third kappa shape index (κ3) is 5.21. The molecule has 2 heterocycles. The van der Waals surface area contributed by atoms with Gasteiger partial charge in [-0.05, 0) is 12.8 Å². The molecule has 0 saturated heterocycles. The van der Waals surface area contributed by atoms with E-state index in [-0.39, 0.29) is 5.41 Å². The van der Waals surface area contributed by atoms with Crippen LogP contribution in [0.3, 0.4) is 0 Å². The van der Waals surface area contributed by atoms with Crippen molar-refractivity contribution in [1.29, 1.82) is 0 Å². The van der Waals surface area contributed by atoms with Crippen molar-refractivity contribution in [2.24, 2.45) is 5.41 Å². The Morgan fingerprint density at radius 3 is 1.65 bits per heavy atom. The summed E-state index contributed by atoms with van der Waals surface area (Å²) in [6, 6.07) is 0. The zero-order valence-electron chi connectivity index (χ0n) is 16.4. The zero-order valence-corrected chi connectivity index (χ0v) is 17.2. The summed E-state index contributed by atoms with van der Waals surface area (Å²) in [5.41, 5.74) is 0.0654. The summed E-state index contributed by atoms with van der Waals surface area (Å²) in [6.45, 7) is 5.85. The second-order valence-corrected chi connectivity index (χ2v) is 8.43. The first kappa shape index (κ1) is 20.7. The molecule has 0 aromatic carbocycles. The van der Waals surface area contributed by atoms with E-state index in [1.165, 1.54) is 62.7 Å². The monoisotopic (exact) mass is 372 g/mol. The van der Waals surface area contributed by atoms with Crippen LogP contribution in [0.1, 0.15) is 87.8 Å². The van der Waals surface area contributed by atoms with Crippen LogP contribution in [0, 0.1) is 30.1 Å². The molecule has 0 amide bonds. The fraction of sp³-hybridized carbons (Fsp3) is 0.652. The molecule has 26 heavy (non-hydrogen) atoms. The molecular formula is C23H32O2S. The minimum absolute atomic E-state index is 0.0654. The first-order valence-corrected chi connectivity index (χ1v) is 10.9. The van der Waals surface area contributed by atoms with E-state index < -0.39 is 0 Å². The van der Waals surface area contributed by atoms with Crippen LogP contribution in [-0.4, -0.2) is 13.2 Å². The number of hydrogen-bond acceptors (Lipinski definition) is 3. The van der Waals surface area contributed by atoms with Crippen LogP contribution in [0.2, 0.25) is 0 Å². The molecule has 0 atom stereocenters. The summed E-state index contributed by atoms with van der Waals surface area (Å²) in [4.78, 5) is 1.50. The third-order valence-corrected chi connectivity index (χ3v) is 6.27. The number of fused-ring (bicyclic) bond motifs is 1. The minimum atomic E-state index is 0.0654. The van der Waals surface area contributed by atoms with E-state index >= 15 is 0 Å². The first-order valence-electron chi connectivity index (χ1n) is 10.0. The van der Waals surface area contributed by atoms with Crippen molar-refractivity contribution >= 4 is 11.3 Å². The summed E-state index contributed by atoms with van der Waals surface area (Å²) >= 11 is 1.41. The second kappa shape index (κ2) is 10.5. The highest BCUT2D eigenvalue weighted by molar-refractivity contribution is 7.13. The van der Waals surface area contributed by atoms with Crippen molar-refractivity contribution in [2.45, 2.75) is 78.1 Å². The van der Waals surface area contributed by atoms with Crippen LogP contribution in [0.25, 0.3) is 0 Å². The standard InChI is InChI=1S/C23H32O2S/c1-5-9-11-13-15-23(16-14-12-10-6-2)17-24-21-19(7-3)26-20(8-4)22(21)25-18-23/h3-4H,5-6,9-18H2,1-2H3. The minimum Gasteiger partial charge on any atom is -0.487 e. The topological polar surface area (TPSA) is 18.5 Å². The highest BCUT2D eigenvalue weighted by atomic mass is 32.1. The van der Waals surface area contributed by atoms with Gasteiger partial charge in [0.05, 0.1) is 13.2 Å². The molecule has 0 unspecified atom stereocenters. The Bertz CT molecular complexity index is 590. The van der Waals surface area contributed by atoms with Gasteiger partial charge in [-0.2, -0.15) is 0 Å². The molecule has 1 aromatic rings. The summed E-state index contributed by atoms with van der Waals surface area (Å²) in [5, 5.41) is 0. The van der Waals surface area contributed by atoms with E-state index in [9.17, 15) is 0 Å². The molecular weight excluding hydrogens is 340 g/mol. The fourth-order valence-electron chi connectivity index (χ4n) is 3.61. The van der Waals surface area contributed by atoms with Crippen LogP contribution in [0.15, 0.2) is 0 Å². The maximum absolute atomic E-state index is 6.23. The van der Waals surface area contributed by atoms with E-state index in [0.29, 0.717) is 24.7 Å². The number of ether oxygens (including phenoxy) is 2. The van der Waals surface area contributed by atoms with E-state index in [0.717, 1.165) is 22.6 Å². The molecule has 1 aliphatic heterocycles. The van der Waals surface area contributed by atoms with Crippen molar-refractivity contribution in [3.05, 3.63) is 9.75 Å². The van der Waals surface area contributed by atoms with Gasteiger partial charge in [-0.15, -0.1) is 24.2 Å². The van der Waals surface area contributed by atoms with Gasteiger partial charge in [-0.3, -0.25) is 0 Å². The van der Waals surface area contributed by atoms with Gasteiger partial charge in [-0.1, -0.05) is 77.1 Å². The van der Waals surface area contributed by atoms with Gasteiger partial charge in [0, 0.05) is 5.41 Å². The SMILES string of the molecule is C#Cc1sc(C#C)c2c1OCC(CCCCCC)(CCCCCC)CO2. The first-order chi connectivity index (χ1) is 12.7. The second-order valence-electron chi connectivity index (χ2n) is 7.41. The van der Waals surface area contributed by atoms with Gasteiger partial charge in [0.25, 0.3) is 0 Å². The predicted molar refractivity (Wildman–Crippen MR) is 111 cm³/mol. The molecule has 2 nitrogen and oxygen atoms in total. The lowest BCUT2D eigenvalue weighted by atomic mass is 9.79. The number of rotatable bonds is 10. The lowest BCUT2D eigenvalue weighted by Gasteiger charge is -2.31. The largest absolute Gasteiger partial charge is 0.487 e. The van der Waals surface area contributed by atoms with E-state index in [1.54, 1.807) is 0 Å². The number of hydrogen-bond donors (Lipinski definition) is 0. The Hall–Kier alpha value is -1.58. The predicted octanol–water partition coefficient (Wildman–Crippen LogP) is 6.41. The summed E-state index contributed by atoms with van der Waals surface area (Å²) in [7, 11) is 0. The fourth-order valence-corrected chi connectivity index (χ4v) is 4.42. The van der Waals surface area contributed by atoms with Gasteiger partial charge in [0.15, 0.2) is 11.5 Å². The molecule has 1 aliphatic rings. The van der Waals surface area contributed by atoms with Crippen LogP contribution in [0.4, 0.5) is 0 Å². The highest BCUT2D eigenvalue weighted by Gasteiger charge is 2.36. The van der Waals surface area contributed by atoms with Gasteiger partial charge in [0.1, 0.15) is 9.75 Å². The Morgan fingerprint density at radius 2 is 1.27 bits per heavy atom. The molecule has 0 N–H and O–H groups in total. The van der Waals surface area contributed by atoms with Crippen molar-refractivity contribution < 1.29 is 9.47 Å². The molecule has 0 radical (unpaired) electrons. The van der Waals surface area contributed by atoms with Gasteiger partial charge in [-0.25, -0.2) is 0 Å². The molecule has 0 aliphatic carbocycles. The van der Waals surface area contributed by atoms with Crippen LogP contribution in [0.5, 0.6) is 11.5 Å². The van der Waals surface area contributed by atoms with Crippen molar-refractivity contribution in [3.8, 4) is 36.2 Å². The molecule has 0 saturated carbocycles. The average Bonchev–Trinajstić information content (AvgIpc) is 2.91. The average molecular weight is 373 g/mol. The quantitative estimate of drug-likeness (QED) is 0.349. The van der Waals surface area contributed by atoms with Crippen LogP contribution in [-0.2, 0) is 0 Å². The van der Waals surface area contributed by atoms with Gasteiger partial charge < -0.3 is 9.47 Å². The highest BCUT2D eigenvalue weighted by Crippen LogP contribution is 2.46. The van der Waals surface area contributed by atoms with Crippen molar-refractivity contribution in [3.63, 3.8) is 0 Å². The normalized spacial score (nSPS) is 15.1. The lowest BCUT2D eigenvalue weighted by molar-refractivity contribution is 0.0781. The summed E-state index contributed by atoms with van der Waals surface area (Å²) in [6.07, 6.45) is 23.7. The van der Waals surface area contributed by atoms with Crippen molar-refractivity contribution in [1.82, 2.24) is 0 Å². The summed E-state index contributed by atoms with van der Waals surface area (Å²) < 4.78 is 12.5. The van der Waals surface area contributed by atoms with E-state index in [2.05, 4.69) is 25.7 Å². The third-order valence-electron chi connectivity index (χ3n) is 5.25. The Labute approximate surface area is 163 Å². The molecule has 1 aromatic heterocycles. The smallest absolute Gasteiger partial charge is 0.189 e. The molecule has 0 spiro atoms. The Balaban J connectivity index is 2.12. The lowest BCUT2D eigenvalue weighted by Crippen LogP contribution is -2.33. The number of thiophene rings is 1. The van der Waals surface area contributed by atoms with Crippen molar-refractivity contribution in [2.75, 3.05) is 13.2 Å². The Morgan fingerprint density at radius 1 is 0.808 bits per heavy atom. The molecule has 142 valence electrons. The van der Waals surface area contributed by atoms with Crippen LogP contribution >= 0.6 is 11.3 Å². The van der Waals surface area contributed by atoms with E-state index in [4.69, 9.17) is 22.3 Å². The maximum Gasteiger partial charge on any atom is 0.189 e. The van der Waals surface area contributed by atoms with E-state index in [1.807, 2.05) is 0 Å². The molecule has 0 bridgehead atoms. The number of unbranched alkanes of at least 4 members (excludes halogenated alkanes) is 6. The maximum atomic E-state index is 6.23. The zero-order chi connectivity index (χ0) is 18.8. The van der Waals surface area contributed by atoms with Crippen LogP contribution < -0.4 is 9.47 Å². The Kier molecular flexibility index (Phi) is 8.40. The molecule has 0 fully saturated rings. The molecule has 2 rings (SSSR count). The van der Waals surface area contributed by atoms with Gasteiger partial charge in [0.2, 0.25) is 0 Å². The number of terminal acetylenes is 2. The molecule has 3 heteroatoms. The van der Waals surface area contributed by atoms with Gasteiger partial charge >= 0.3 is 0 Å².